The molecule has 0 fully saturated rings. The Morgan fingerprint density at radius 1 is 1.38 bits per heavy atom. The van der Waals surface area contributed by atoms with Crippen LogP contribution in [-0.2, 0) is 4.79 Å². The van der Waals surface area contributed by atoms with E-state index in [9.17, 15) is 9.90 Å². The summed E-state index contributed by atoms with van der Waals surface area (Å²) in [5.74, 6) is -0.854. The van der Waals surface area contributed by atoms with E-state index in [4.69, 9.17) is 16.3 Å². The van der Waals surface area contributed by atoms with E-state index in [1.165, 1.54) is 0 Å². The average Bonchev–Trinajstić information content (AvgIpc) is 2.50. The second-order valence-corrected chi connectivity index (χ2v) is 5.40. The summed E-state index contributed by atoms with van der Waals surface area (Å²) in [6, 6.07) is 5.17. The molecule has 24 heavy (non-hydrogen) atoms. The third-order valence-corrected chi connectivity index (χ3v) is 3.94. The fourth-order valence-corrected chi connectivity index (χ4v) is 2.53. The van der Waals surface area contributed by atoms with E-state index in [2.05, 4.69) is 25.3 Å². The quantitative estimate of drug-likeness (QED) is 0.583. The first-order valence-electron chi connectivity index (χ1n) is 7.51. The Labute approximate surface area is 161 Å². The summed E-state index contributed by atoms with van der Waals surface area (Å²) >= 11 is 6.17. The maximum Gasteiger partial charge on any atom is 0.311 e. The SMILES string of the molecule is C=CCOc1ccc(C(CCN(CC)CC)C(=O)O)cc1Cl.Cl.Cl. The highest BCUT2D eigenvalue weighted by Crippen LogP contribution is 2.30. The lowest BCUT2D eigenvalue weighted by atomic mass is 9.95. The molecule has 1 rings (SSSR count). The summed E-state index contributed by atoms with van der Waals surface area (Å²) in [6.07, 6.45) is 2.19. The molecule has 0 aliphatic rings. The van der Waals surface area contributed by atoms with Crippen LogP contribution >= 0.6 is 36.4 Å². The van der Waals surface area contributed by atoms with Gasteiger partial charge in [0.25, 0.3) is 0 Å². The average molecular weight is 399 g/mol. The van der Waals surface area contributed by atoms with Crippen molar-refractivity contribution in [2.45, 2.75) is 26.2 Å². The molecule has 1 unspecified atom stereocenters. The van der Waals surface area contributed by atoms with Crippen molar-refractivity contribution >= 4 is 42.4 Å². The lowest BCUT2D eigenvalue weighted by Crippen LogP contribution is -2.27. The van der Waals surface area contributed by atoms with Gasteiger partial charge in [-0.05, 0) is 43.8 Å². The number of carboxylic acid groups (broad SMARTS) is 1. The lowest BCUT2D eigenvalue weighted by molar-refractivity contribution is -0.139. The molecule has 0 bridgehead atoms. The van der Waals surface area contributed by atoms with Gasteiger partial charge in [0.05, 0.1) is 10.9 Å². The van der Waals surface area contributed by atoms with Gasteiger partial charge in [-0.3, -0.25) is 4.79 Å². The second kappa shape index (κ2) is 13.4. The molecule has 0 spiro atoms. The Bertz CT molecular complexity index is 508. The summed E-state index contributed by atoms with van der Waals surface area (Å²) in [6.45, 7) is 10.7. The molecule has 1 N–H and O–H groups in total. The van der Waals surface area contributed by atoms with E-state index in [0.29, 0.717) is 29.4 Å². The van der Waals surface area contributed by atoms with Crippen LogP contribution in [0.1, 0.15) is 31.7 Å². The lowest BCUT2D eigenvalue weighted by Gasteiger charge is -2.21. The zero-order valence-electron chi connectivity index (χ0n) is 14.0. The van der Waals surface area contributed by atoms with Crippen LogP contribution in [0.15, 0.2) is 30.9 Å². The molecule has 0 heterocycles. The van der Waals surface area contributed by atoms with Gasteiger partial charge < -0.3 is 14.7 Å². The minimum Gasteiger partial charge on any atom is -0.488 e. The molecule has 0 aromatic heterocycles. The molecule has 4 nitrogen and oxygen atoms in total. The first-order chi connectivity index (χ1) is 10.5. The number of carboxylic acids is 1. The molecule has 7 heteroatoms. The standard InChI is InChI=1S/C17H24ClNO3.2ClH/c1-4-11-22-16-8-7-13(12-15(16)18)14(17(20)21)9-10-19(5-2)6-3;;/h4,7-8,12,14H,1,5-6,9-11H2,2-3H3,(H,20,21);2*1H. The van der Waals surface area contributed by atoms with E-state index >= 15 is 0 Å². The molecular weight excluding hydrogens is 373 g/mol. The Balaban J connectivity index is 0. The van der Waals surface area contributed by atoms with Crippen LogP contribution in [0.2, 0.25) is 5.02 Å². The molecular formula is C17H26Cl3NO3. The van der Waals surface area contributed by atoms with Gasteiger partial charge >= 0.3 is 5.97 Å². The zero-order chi connectivity index (χ0) is 16.5. The highest BCUT2D eigenvalue weighted by atomic mass is 35.5. The number of nitrogens with zero attached hydrogens (tertiary/aromatic N) is 1. The third-order valence-electron chi connectivity index (χ3n) is 3.64. The molecule has 0 aliphatic heterocycles. The van der Waals surface area contributed by atoms with E-state index in [0.717, 1.165) is 19.6 Å². The van der Waals surface area contributed by atoms with E-state index in [1.54, 1.807) is 24.3 Å². The van der Waals surface area contributed by atoms with Crippen molar-refractivity contribution in [1.82, 2.24) is 4.90 Å². The van der Waals surface area contributed by atoms with E-state index in [-0.39, 0.29) is 24.8 Å². The molecule has 1 aromatic carbocycles. The van der Waals surface area contributed by atoms with E-state index < -0.39 is 11.9 Å². The maximum atomic E-state index is 11.6. The van der Waals surface area contributed by atoms with Crippen molar-refractivity contribution < 1.29 is 14.6 Å². The number of hydrogen-bond donors (Lipinski definition) is 1. The molecule has 0 saturated heterocycles. The molecule has 0 saturated carbocycles. The molecule has 138 valence electrons. The van der Waals surface area contributed by atoms with Gasteiger partial charge in [0.1, 0.15) is 12.4 Å². The van der Waals surface area contributed by atoms with E-state index in [1.807, 2.05) is 0 Å². The van der Waals surface area contributed by atoms with Gasteiger partial charge in [-0.15, -0.1) is 24.8 Å². The number of carbonyl (C=O) groups is 1. The molecule has 0 radical (unpaired) electrons. The van der Waals surface area contributed by atoms with Crippen LogP contribution in [0.3, 0.4) is 0 Å². The number of rotatable bonds is 10. The Morgan fingerprint density at radius 2 is 2.00 bits per heavy atom. The summed E-state index contributed by atoms with van der Waals surface area (Å²) in [4.78, 5) is 13.8. The Morgan fingerprint density at radius 3 is 2.46 bits per heavy atom. The van der Waals surface area contributed by atoms with Gasteiger partial charge in [-0.2, -0.15) is 0 Å². The van der Waals surface area contributed by atoms with Gasteiger partial charge in [-0.1, -0.05) is 44.2 Å². The molecule has 0 amide bonds. The second-order valence-electron chi connectivity index (χ2n) is 5.00. The number of aliphatic carboxylic acids is 1. The van der Waals surface area contributed by atoms with Crippen molar-refractivity contribution in [2.75, 3.05) is 26.2 Å². The van der Waals surface area contributed by atoms with Crippen molar-refractivity contribution in [3.05, 3.63) is 41.4 Å². The highest BCUT2D eigenvalue weighted by Gasteiger charge is 2.21. The Kier molecular flexibility index (Phi) is 14.1. The largest absolute Gasteiger partial charge is 0.488 e. The van der Waals surface area contributed by atoms with Crippen molar-refractivity contribution in [3.8, 4) is 5.75 Å². The first-order valence-corrected chi connectivity index (χ1v) is 7.89. The minimum absolute atomic E-state index is 0. The molecule has 1 aromatic rings. The highest BCUT2D eigenvalue weighted by molar-refractivity contribution is 6.32. The first kappa shape index (κ1) is 25.3. The van der Waals surface area contributed by atoms with Crippen LogP contribution in [0.25, 0.3) is 0 Å². The predicted octanol–water partition coefficient (Wildman–Crippen LogP) is 4.65. The summed E-state index contributed by atoms with van der Waals surface area (Å²) < 4.78 is 5.41. The number of hydrogen-bond acceptors (Lipinski definition) is 3. The Hall–Kier alpha value is -0.940. The summed E-state index contributed by atoms with van der Waals surface area (Å²) in [5.41, 5.74) is 0.704. The normalized spacial score (nSPS) is 11.2. The van der Waals surface area contributed by atoms with Gasteiger partial charge in [0.15, 0.2) is 0 Å². The van der Waals surface area contributed by atoms with Crippen molar-refractivity contribution in [3.63, 3.8) is 0 Å². The fourth-order valence-electron chi connectivity index (χ4n) is 2.28. The van der Waals surface area contributed by atoms with Crippen molar-refractivity contribution in [2.24, 2.45) is 0 Å². The van der Waals surface area contributed by atoms with Gasteiger partial charge in [-0.25, -0.2) is 0 Å². The fraction of sp³-hybridized carbons (Fsp3) is 0.471. The van der Waals surface area contributed by atoms with Crippen molar-refractivity contribution in [1.29, 1.82) is 0 Å². The van der Waals surface area contributed by atoms with Gasteiger partial charge in [0.2, 0.25) is 0 Å². The zero-order valence-corrected chi connectivity index (χ0v) is 16.4. The minimum atomic E-state index is -0.831. The predicted molar refractivity (Wildman–Crippen MR) is 104 cm³/mol. The number of halogens is 3. The topological polar surface area (TPSA) is 49.8 Å². The third kappa shape index (κ3) is 7.75. The monoisotopic (exact) mass is 397 g/mol. The van der Waals surface area contributed by atoms with Crippen LogP contribution < -0.4 is 4.74 Å². The number of ether oxygens (including phenoxy) is 1. The summed E-state index contributed by atoms with van der Waals surface area (Å²) in [7, 11) is 0. The summed E-state index contributed by atoms with van der Waals surface area (Å²) in [5, 5.41) is 9.90. The van der Waals surface area contributed by atoms with Gasteiger partial charge in [0, 0.05) is 0 Å². The smallest absolute Gasteiger partial charge is 0.311 e. The molecule has 1 atom stereocenters. The van der Waals surface area contributed by atoms with Crippen LogP contribution in [0, 0.1) is 0 Å². The van der Waals surface area contributed by atoms with Crippen LogP contribution in [-0.4, -0.2) is 42.2 Å². The maximum absolute atomic E-state index is 11.6. The number of benzene rings is 1. The van der Waals surface area contributed by atoms with Crippen LogP contribution in [0.5, 0.6) is 5.75 Å². The van der Waals surface area contributed by atoms with Crippen LogP contribution in [0.4, 0.5) is 0 Å². The molecule has 0 aliphatic carbocycles.